The monoisotopic (exact) mass is 703 g/mol. The van der Waals surface area contributed by atoms with Crippen molar-refractivity contribution >= 4 is 0 Å². The van der Waals surface area contributed by atoms with E-state index in [1.165, 1.54) is 19.2 Å². The summed E-state index contributed by atoms with van der Waals surface area (Å²) < 4.78 is 100. The van der Waals surface area contributed by atoms with Gasteiger partial charge in [-0.05, 0) is 90.7 Å². The summed E-state index contributed by atoms with van der Waals surface area (Å²) in [6.45, 7) is 1.94. The fourth-order valence-electron chi connectivity index (χ4n) is 5.08. The molecule has 0 saturated carbocycles. The number of halogens is 7. The van der Waals surface area contributed by atoms with Crippen molar-refractivity contribution in [1.82, 2.24) is 0 Å². The van der Waals surface area contributed by atoms with E-state index in [0.717, 1.165) is 52.5 Å². The third-order valence-corrected chi connectivity index (χ3v) is 9.83. The molecule has 5 aromatic carbocycles. The Balaban J connectivity index is 2.01. The first-order chi connectivity index (χ1) is 20.7. The highest BCUT2D eigenvalue weighted by Gasteiger charge is 2.35. The van der Waals surface area contributed by atoms with Gasteiger partial charge >= 0.3 is 21.2 Å². The molecule has 0 saturated heterocycles. The Hall–Kier alpha value is -3.79. The number of benzene rings is 5. The van der Waals surface area contributed by atoms with Crippen molar-refractivity contribution in [2.75, 3.05) is 7.11 Å². The largest absolute Gasteiger partial charge is 0.497 e. The Morgan fingerprint density at radius 2 is 1.00 bits per heavy atom. The lowest BCUT2D eigenvalue weighted by atomic mass is 9.82. The molecule has 0 aliphatic rings. The van der Waals surface area contributed by atoms with E-state index in [2.05, 4.69) is 0 Å². The Labute approximate surface area is 256 Å². The number of aryl methyl sites for hydroxylation is 1. The van der Waals surface area contributed by atoms with E-state index in [1.807, 2.05) is 19.1 Å². The summed E-state index contributed by atoms with van der Waals surface area (Å²) >= 11 is -1.24. The molecule has 0 radical (unpaired) electrons. The first kappa shape index (κ1) is 30.7. The van der Waals surface area contributed by atoms with Crippen LogP contribution >= 0.6 is 0 Å². The van der Waals surface area contributed by atoms with Crippen LogP contribution in [0.3, 0.4) is 0 Å². The molecule has 0 aromatic heterocycles. The molecule has 0 bridgehead atoms. The van der Waals surface area contributed by atoms with Crippen molar-refractivity contribution in [3.8, 4) is 39.1 Å². The van der Waals surface area contributed by atoms with Gasteiger partial charge in [0.15, 0.2) is 3.57 Å². The Morgan fingerprint density at radius 1 is 0.558 bits per heavy atom. The molecule has 0 fully saturated rings. The molecule has 8 heteroatoms. The van der Waals surface area contributed by atoms with E-state index >= 15 is 26.3 Å². The van der Waals surface area contributed by atoms with E-state index in [4.69, 9.17) is 4.74 Å². The molecule has 0 atom stereocenters. The molecule has 43 heavy (non-hydrogen) atoms. The second-order valence-electron chi connectivity index (χ2n) is 9.79. The topological polar surface area (TPSA) is 9.23 Å². The summed E-state index contributed by atoms with van der Waals surface area (Å²) in [6.07, 6.45) is 1.62. The molecule has 0 heterocycles. The Kier molecular flexibility index (Phi) is 9.44. The smallest absolute Gasteiger partial charge is 0.358 e. The zero-order valence-electron chi connectivity index (χ0n) is 23.3. The molecular weight excluding hydrogens is 677 g/mol. The van der Waals surface area contributed by atoms with Gasteiger partial charge in [-0.1, -0.05) is 31.5 Å². The predicted molar refractivity (Wildman–Crippen MR) is 151 cm³/mol. The zero-order chi connectivity index (χ0) is 30.7. The lowest BCUT2D eigenvalue weighted by molar-refractivity contribution is -0.596. The van der Waals surface area contributed by atoms with Crippen molar-refractivity contribution < 1.29 is 52.3 Å². The normalized spacial score (nSPS) is 11.2. The van der Waals surface area contributed by atoms with Crippen LogP contribution in [0, 0.1) is 42.0 Å². The first-order valence-electron chi connectivity index (χ1n) is 13.6. The van der Waals surface area contributed by atoms with Gasteiger partial charge in [-0.3, -0.25) is 0 Å². The fraction of sp³-hybridized carbons (Fsp3) is 0.143. The van der Waals surface area contributed by atoms with Crippen LogP contribution in [0.2, 0.25) is 0 Å². The third-order valence-electron chi connectivity index (χ3n) is 7.06. The van der Waals surface area contributed by atoms with Crippen LogP contribution in [0.5, 0.6) is 5.75 Å². The second kappa shape index (κ2) is 13.2. The van der Waals surface area contributed by atoms with Crippen LogP contribution in [-0.2, 0) is 6.42 Å². The highest BCUT2D eigenvalue weighted by molar-refractivity contribution is 5.96. The number of hydrogen-bond acceptors (Lipinski definition) is 1. The summed E-state index contributed by atoms with van der Waals surface area (Å²) in [6, 6.07) is 18.5. The van der Waals surface area contributed by atoms with Gasteiger partial charge < -0.3 is 4.74 Å². The van der Waals surface area contributed by atoms with Gasteiger partial charge in [0, 0.05) is 5.56 Å². The average Bonchev–Trinajstić information content (AvgIpc) is 2.98. The molecule has 0 aliphatic carbocycles. The van der Waals surface area contributed by atoms with Gasteiger partial charge in [-0.15, -0.1) is 0 Å². The van der Waals surface area contributed by atoms with Crippen LogP contribution in [0.15, 0.2) is 84.9 Å². The van der Waals surface area contributed by atoms with Crippen LogP contribution in [0.4, 0.5) is 26.3 Å². The number of ether oxygens (including phenoxy) is 1. The predicted octanol–water partition coefficient (Wildman–Crippen LogP) is 7.00. The van der Waals surface area contributed by atoms with E-state index in [1.54, 1.807) is 18.2 Å². The SMILES string of the molecule is CCCCc1cc([I+]c2ccc(OC)cc2)c(-c2c(F)cccc2F)c(-c2c(F)cccc2F)c1-c1c(F)cccc1F. The molecule has 5 aromatic rings. The fourth-order valence-corrected chi connectivity index (χ4v) is 7.81. The molecule has 0 amide bonds. The van der Waals surface area contributed by atoms with E-state index in [9.17, 15) is 0 Å². The minimum Gasteiger partial charge on any atom is -0.497 e. The van der Waals surface area contributed by atoms with Crippen molar-refractivity contribution in [3.63, 3.8) is 0 Å². The van der Waals surface area contributed by atoms with Gasteiger partial charge in [0.2, 0.25) is 3.57 Å². The van der Waals surface area contributed by atoms with Gasteiger partial charge in [0.1, 0.15) is 40.7 Å². The van der Waals surface area contributed by atoms with Crippen LogP contribution < -0.4 is 25.9 Å². The molecule has 0 unspecified atom stereocenters. The van der Waals surface area contributed by atoms with Crippen LogP contribution in [0.25, 0.3) is 33.4 Å². The average molecular weight is 703 g/mol. The maximum atomic E-state index is 15.7. The molecule has 1 nitrogen and oxygen atoms in total. The number of hydrogen-bond donors (Lipinski definition) is 0. The quantitative estimate of drug-likeness (QED) is 0.119. The summed E-state index contributed by atoms with van der Waals surface area (Å²) in [4.78, 5) is 0. The summed E-state index contributed by atoms with van der Waals surface area (Å²) in [5.74, 6) is -5.33. The van der Waals surface area contributed by atoms with Gasteiger partial charge in [0.25, 0.3) is 0 Å². The van der Waals surface area contributed by atoms with Gasteiger partial charge in [0.05, 0.1) is 29.4 Å². The Morgan fingerprint density at radius 3 is 1.44 bits per heavy atom. The van der Waals surface area contributed by atoms with Gasteiger partial charge in [-0.25, -0.2) is 26.3 Å². The van der Waals surface area contributed by atoms with Gasteiger partial charge in [-0.2, -0.15) is 0 Å². The maximum Gasteiger partial charge on any atom is 0.358 e. The second-order valence-corrected chi connectivity index (χ2v) is 12.7. The number of methoxy groups -OCH3 is 1. The summed E-state index contributed by atoms with van der Waals surface area (Å²) in [7, 11) is 1.53. The standard InChI is InChI=1S/C35H26F6IO/c1-3-4-8-20-19-29(42-21-15-17-22(43-2)18-16-21)34(32-25(38)11-6-12-26(32)39)35(33-27(40)13-7-14-28(33)41)30(20)31-23(36)9-5-10-24(31)37/h5-7,9-19H,3-4,8H2,1-2H3/q+1. The zero-order valence-corrected chi connectivity index (χ0v) is 25.4. The Bertz CT molecular complexity index is 1720. The third kappa shape index (κ3) is 6.16. The maximum absolute atomic E-state index is 15.7. The van der Waals surface area contributed by atoms with Crippen LogP contribution in [0.1, 0.15) is 25.3 Å². The van der Waals surface area contributed by atoms with E-state index < -0.39 is 72.8 Å². The van der Waals surface area contributed by atoms with Crippen molar-refractivity contribution in [2.45, 2.75) is 26.2 Å². The van der Waals surface area contributed by atoms with Crippen molar-refractivity contribution in [2.24, 2.45) is 0 Å². The molecule has 5 rings (SSSR count). The molecule has 220 valence electrons. The number of rotatable bonds is 9. The van der Waals surface area contributed by atoms with Crippen LogP contribution in [-0.4, -0.2) is 7.11 Å². The van der Waals surface area contributed by atoms with Crippen molar-refractivity contribution in [1.29, 1.82) is 0 Å². The molecule has 0 aliphatic heterocycles. The summed E-state index contributed by atoms with van der Waals surface area (Å²) in [5.41, 5.74) is -1.79. The number of unbranched alkanes of at least 4 members (excludes halogenated alkanes) is 1. The minimum absolute atomic E-state index is 0.131. The lowest BCUT2D eigenvalue weighted by Gasteiger charge is -2.22. The minimum atomic E-state index is -1.24. The van der Waals surface area contributed by atoms with E-state index in [0.29, 0.717) is 27.7 Å². The molecule has 0 N–H and O–H groups in total. The summed E-state index contributed by atoms with van der Waals surface area (Å²) in [5, 5.41) is 0. The molecular formula is C35H26F6IO+. The highest BCUT2D eigenvalue weighted by atomic mass is 127. The highest BCUT2D eigenvalue weighted by Crippen LogP contribution is 2.47. The van der Waals surface area contributed by atoms with Crippen molar-refractivity contribution in [3.05, 3.63) is 133 Å². The first-order valence-corrected chi connectivity index (χ1v) is 15.7. The van der Waals surface area contributed by atoms with E-state index in [-0.39, 0.29) is 16.7 Å². The lowest BCUT2D eigenvalue weighted by Crippen LogP contribution is -3.61. The molecule has 0 spiro atoms.